The minimum Gasteiger partial charge on any atom is -0.357 e. The highest BCUT2D eigenvalue weighted by Crippen LogP contribution is 2.13. The third-order valence-corrected chi connectivity index (χ3v) is 6.03. The number of nitrogens with one attached hydrogen (secondary N) is 1. The highest BCUT2D eigenvalue weighted by molar-refractivity contribution is 7.86. The first-order valence-electron chi connectivity index (χ1n) is 8.99. The maximum atomic E-state index is 12.2. The molecule has 0 bridgehead atoms. The van der Waals surface area contributed by atoms with E-state index in [0.717, 1.165) is 44.5 Å². The number of pyridine rings is 1. The molecule has 1 aromatic rings. The van der Waals surface area contributed by atoms with Crippen LogP contribution in [0.15, 0.2) is 29.4 Å². The number of anilines is 1. The Morgan fingerprint density at radius 1 is 1.28 bits per heavy atom. The van der Waals surface area contributed by atoms with Gasteiger partial charge in [-0.1, -0.05) is 6.07 Å². The lowest BCUT2D eigenvalue weighted by Gasteiger charge is -2.37. The fraction of sp³-hybridized carbons (Fsp3) is 0.667. The normalized spacial score (nSPS) is 17.5. The molecule has 1 N–H and O–H groups in total. The Morgan fingerprint density at radius 3 is 2.56 bits per heavy atom. The molecule has 0 aromatic carbocycles. The summed E-state index contributed by atoms with van der Waals surface area (Å²) in [6, 6.07) is 6.02. The van der Waals surface area contributed by atoms with Gasteiger partial charge in [-0.15, -0.1) is 0 Å². The molecule has 140 valence electrons. The zero-order valence-corrected chi connectivity index (χ0v) is 16.7. The van der Waals surface area contributed by atoms with Gasteiger partial charge in [-0.2, -0.15) is 0 Å². The van der Waals surface area contributed by atoms with Gasteiger partial charge >= 0.3 is 0 Å². The second-order valence-corrected chi connectivity index (χ2v) is 9.38. The number of aliphatic imine (C=N–C) groups is 1. The van der Waals surface area contributed by atoms with Crippen molar-refractivity contribution in [3.63, 3.8) is 0 Å². The first kappa shape index (κ1) is 19.7. The number of guanidine groups is 1. The molecule has 0 amide bonds. The minimum atomic E-state index is -0.863. The van der Waals surface area contributed by atoms with Gasteiger partial charge in [-0.3, -0.25) is 9.20 Å². The maximum absolute atomic E-state index is 12.2. The van der Waals surface area contributed by atoms with Crippen molar-refractivity contribution in [1.29, 1.82) is 0 Å². The number of rotatable bonds is 5. The van der Waals surface area contributed by atoms with Gasteiger partial charge in [0.2, 0.25) is 0 Å². The van der Waals surface area contributed by atoms with E-state index in [2.05, 4.69) is 33.1 Å². The first-order chi connectivity index (χ1) is 11.9. The van der Waals surface area contributed by atoms with Crippen molar-refractivity contribution in [1.82, 2.24) is 15.2 Å². The molecule has 1 aliphatic heterocycles. The van der Waals surface area contributed by atoms with E-state index in [1.807, 2.05) is 39.1 Å². The summed E-state index contributed by atoms with van der Waals surface area (Å²) in [7, 11) is -0.863. The predicted molar refractivity (Wildman–Crippen MR) is 107 cm³/mol. The smallest absolute Gasteiger partial charge is 0.194 e. The molecular formula is C18H31N5OS. The van der Waals surface area contributed by atoms with Crippen LogP contribution in [0.3, 0.4) is 0 Å². The number of hydrogen-bond donors (Lipinski definition) is 1. The van der Waals surface area contributed by atoms with Crippen molar-refractivity contribution in [3.8, 4) is 0 Å². The van der Waals surface area contributed by atoms with E-state index in [9.17, 15) is 4.21 Å². The summed E-state index contributed by atoms with van der Waals surface area (Å²) in [5.41, 5.74) is 0. The van der Waals surface area contributed by atoms with E-state index in [4.69, 9.17) is 4.99 Å². The van der Waals surface area contributed by atoms with Gasteiger partial charge in [-0.25, -0.2) is 4.98 Å². The summed E-state index contributed by atoms with van der Waals surface area (Å²) in [6.45, 7) is 13.2. The van der Waals surface area contributed by atoms with Crippen molar-refractivity contribution in [3.05, 3.63) is 24.4 Å². The molecule has 0 spiro atoms. The number of aromatic nitrogens is 1. The lowest BCUT2D eigenvalue weighted by molar-refractivity contribution is 0.372. The van der Waals surface area contributed by atoms with Crippen molar-refractivity contribution in [2.24, 2.45) is 4.99 Å². The predicted octanol–water partition coefficient (Wildman–Crippen LogP) is 1.72. The Balaban J connectivity index is 1.90. The summed E-state index contributed by atoms with van der Waals surface area (Å²) in [5.74, 6) is 2.56. The molecule has 7 heteroatoms. The van der Waals surface area contributed by atoms with Gasteiger partial charge in [0.25, 0.3) is 0 Å². The molecular weight excluding hydrogens is 334 g/mol. The standard InChI is InChI=1S/C18H31N5OS/c1-5-19-17(21-10-15-25(24)18(2,3)4)23-13-11-22(12-14-23)16-8-6-7-9-20-16/h6-9H,5,10-15H2,1-4H3,(H,19,21). The average molecular weight is 366 g/mol. The van der Waals surface area contributed by atoms with Crippen LogP contribution < -0.4 is 10.2 Å². The van der Waals surface area contributed by atoms with Crippen LogP contribution in [0.4, 0.5) is 5.82 Å². The lowest BCUT2D eigenvalue weighted by Crippen LogP contribution is -2.52. The van der Waals surface area contributed by atoms with Gasteiger partial charge in [0.1, 0.15) is 5.82 Å². The Kier molecular flexibility index (Phi) is 7.23. The molecule has 0 aliphatic carbocycles. The topological polar surface area (TPSA) is 60.8 Å². The molecule has 6 nitrogen and oxygen atoms in total. The fourth-order valence-corrected chi connectivity index (χ4v) is 3.52. The molecule has 0 saturated carbocycles. The third kappa shape index (κ3) is 5.99. The largest absolute Gasteiger partial charge is 0.357 e. The van der Waals surface area contributed by atoms with Crippen molar-refractivity contribution in [2.75, 3.05) is 49.9 Å². The Hall–Kier alpha value is -1.63. The monoisotopic (exact) mass is 365 g/mol. The average Bonchev–Trinajstić information content (AvgIpc) is 2.61. The summed E-state index contributed by atoms with van der Waals surface area (Å²) in [6.07, 6.45) is 1.84. The number of piperazine rings is 1. The second-order valence-electron chi connectivity index (χ2n) is 7.06. The molecule has 1 saturated heterocycles. The summed E-state index contributed by atoms with van der Waals surface area (Å²) in [4.78, 5) is 13.7. The van der Waals surface area contributed by atoms with E-state index in [1.54, 1.807) is 0 Å². The Bertz CT molecular complexity index is 577. The zero-order valence-electron chi connectivity index (χ0n) is 15.9. The van der Waals surface area contributed by atoms with Crippen LogP contribution in [0.2, 0.25) is 0 Å². The molecule has 1 fully saturated rings. The van der Waals surface area contributed by atoms with Crippen molar-refractivity contribution < 1.29 is 4.21 Å². The fourth-order valence-electron chi connectivity index (χ4n) is 2.65. The van der Waals surface area contributed by atoms with Crippen molar-refractivity contribution in [2.45, 2.75) is 32.4 Å². The third-order valence-electron chi connectivity index (χ3n) is 4.11. The van der Waals surface area contributed by atoms with Gasteiger partial charge < -0.3 is 15.1 Å². The number of hydrogen-bond acceptors (Lipinski definition) is 4. The molecule has 1 unspecified atom stereocenters. The molecule has 2 rings (SSSR count). The van der Waals surface area contributed by atoms with Crippen LogP contribution in [0.1, 0.15) is 27.7 Å². The highest BCUT2D eigenvalue weighted by atomic mass is 32.2. The summed E-state index contributed by atoms with van der Waals surface area (Å²) in [5, 5.41) is 3.36. The minimum absolute atomic E-state index is 0.178. The van der Waals surface area contributed by atoms with E-state index in [-0.39, 0.29) is 4.75 Å². The van der Waals surface area contributed by atoms with Gasteiger partial charge in [0.05, 0.1) is 6.54 Å². The van der Waals surface area contributed by atoms with Crippen LogP contribution in [0, 0.1) is 0 Å². The second kappa shape index (κ2) is 9.17. The lowest BCUT2D eigenvalue weighted by atomic mass is 10.3. The molecule has 1 aliphatic rings. The van der Waals surface area contributed by atoms with E-state index < -0.39 is 10.8 Å². The van der Waals surface area contributed by atoms with E-state index >= 15 is 0 Å². The Labute approximate surface area is 154 Å². The molecule has 0 radical (unpaired) electrons. The van der Waals surface area contributed by atoms with Crippen LogP contribution in [0.5, 0.6) is 0 Å². The summed E-state index contributed by atoms with van der Waals surface area (Å²) >= 11 is 0. The Morgan fingerprint density at radius 2 is 2.00 bits per heavy atom. The van der Waals surface area contributed by atoms with Crippen LogP contribution in [0.25, 0.3) is 0 Å². The molecule has 1 atom stereocenters. The van der Waals surface area contributed by atoms with Crippen LogP contribution >= 0.6 is 0 Å². The van der Waals surface area contributed by atoms with Crippen LogP contribution in [-0.4, -0.2) is 69.8 Å². The molecule has 25 heavy (non-hydrogen) atoms. The van der Waals surface area contributed by atoms with E-state index in [0.29, 0.717) is 12.3 Å². The highest BCUT2D eigenvalue weighted by Gasteiger charge is 2.21. The van der Waals surface area contributed by atoms with Gasteiger partial charge in [0.15, 0.2) is 5.96 Å². The molecule has 2 heterocycles. The summed E-state index contributed by atoms with van der Waals surface area (Å²) < 4.78 is 12.0. The van der Waals surface area contributed by atoms with Crippen molar-refractivity contribution >= 4 is 22.6 Å². The first-order valence-corrected chi connectivity index (χ1v) is 10.3. The van der Waals surface area contributed by atoms with Gasteiger partial charge in [0, 0.05) is 60.2 Å². The zero-order chi connectivity index (χ0) is 18.3. The molecule has 1 aromatic heterocycles. The van der Waals surface area contributed by atoms with Gasteiger partial charge in [-0.05, 0) is 39.8 Å². The van der Waals surface area contributed by atoms with Crippen LogP contribution in [-0.2, 0) is 10.8 Å². The maximum Gasteiger partial charge on any atom is 0.194 e. The quantitative estimate of drug-likeness (QED) is 0.636. The number of nitrogens with zero attached hydrogens (tertiary/aromatic N) is 4. The SMILES string of the molecule is CCNC(=NCCS(=O)C(C)(C)C)N1CCN(c2ccccn2)CC1. The van der Waals surface area contributed by atoms with E-state index in [1.165, 1.54) is 0 Å².